The van der Waals surface area contributed by atoms with Crippen LogP contribution in [0.3, 0.4) is 0 Å². The van der Waals surface area contributed by atoms with Gasteiger partial charge in [0.15, 0.2) is 0 Å². The zero-order chi connectivity index (χ0) is 15.1. The lowest BCUT2D eigenvalue weighted by atomic mass is 9.93. The number of ether oxygens (including phenoxy) is 1. The predicted molar refractivity (Wildman–Crippen MR) is 72.7 cm³/mol. The molecule has 1 aliphatic heterocycles. The minimum absolute atomic E-state index is 0.0262. The molecule has 1 aromatic rings. The van der Waals surface area contributed by atoms with E-state index in [-0.39, 0.29) is 29.9 Å². The lowest BCUT2D eigenvalue weighted by Crippen LogP contribution is -2.44. The highest BCUT2D eigenvalue weighted by molar-refractivity contribution is 5.88. The van der Waals surface area contributed by atoms with E-state index in [1.807, 2.05) is 34.0 Å². The highest BCUT2D eigenvalue weighted by Gasteiger charge is 2.49. The van der Waals surface area contributed by atoms with E-state index in [9.17, 15) is 9.59 Å². The van der Waals surface area contributed by atoms with Crippen molar-refractivity contribution in [1.82, 2.24) is 14.7 Å². The zero-order valence-corrected chi connectivity index (χ0v) is 12.6. The van der Waals surface area contributed by atoms with Crippen LogP contribution in [-0.4, -0.2) is 39.2 Å². The smallest absolute Gasteiger partial charge is 0.311 e. The summed E-state index contributed by atoms with van der Waals surface area (Å²) in [7, 11) is 3.17. The molecule has 1 amide bonds. The number of likely N-dealkylation sites (tertiary alicyclic amines) is 1. The maximum atomic E-state index is 12.3. The summed E-state index contributed by atoms with van der Waals surface area (Å²) in [5.41, 5.74) is 0.504. The fourth-order valence-corrected chi connectivity index (χ4v) is 2.86. The van der Waals surface area contributed by atoms with Crippen LogP contribution in [0.4, 0.5) is 0 Å². The Balaban J connectivity index is 2.46. The van der Waals surface area contributed by atoms with Gasteiger partial charge in [-0.25, -0.2) is 0 Å². The first-order chi connectivity index (χ1) is 9.25. The van der Waals surface area contributed by atoms with Crippen LogP contribution < -0.4 is 0 Å². The van der Waals surface area contributed by atoms with Crippen molar-refractivity contribution in [2.45, 2.75) is 38.8 Å². The summed E-state index contributed by atoms with van der Waals surface area (Å²) in [6, 6.07) is -0.316. The second kappa shape index (κ2) is 4.92. The highest BCUT2D eigenvalue weighted by Crippen LogP contribution is 2.42. The van der Waals surface area contributed by atoms with Crippen LogP contribution in [0.2, 0.25) is 0 Å². The van der Waals surface area contributed by atoms with E-state index >= 15 is 0 Å². The molecule has 1 saturated heterocycles. The molecule has 0 N–H and O–H groups in total. The van der Waals surface area contributed by atoms with E-state index in [2.05, 4.69) is 5.10 Å². The molecule has 2 rings (SSSR count). The Hall–Kier alpha value is -1.85. The molecule has 1 fully saturated rings. The Morgan fingerprint density at radius 3 is 2.55 bits per heavy atom. The normalized spacial score (nSPS) is 23.2. The van der Waals surface area contributed by atoms with Crippen molar-refractivity contribution in [3.63, 3.8) is 0 Å². The molecule has 6 nitrogen and oxygen atoms in total. The van der Waals surface area contributed by atoms with Crippen LogP contribution in [0.1, 0.15) is 38.8 Å². The topological polar surface area (TPSA) is 64.4 Å². The van der Waals surface area contributed by atoms with Crippen molar-refractivity contribution in [1.29, 1.82) is 0 Å². The van der Waals surface area contributed by atoms with Crippen LogP contribution in [0, 0.1) is 5.92 Å². The van der Waals surface area contributed by atoms with E-state index in [0.29, 0.717) is 0 Å². The molecule has 1 aliphatic rings. The molecule has 0 aromatic carbocycles. The number of carbonyl (C=O) groups excluding carboxylic acids is 2. The van der Waals surface area contributed by atoms with Gasteiger partial charge in [0.2, 0.25) is 5.91 Å². The molecule has 0 saturated carbocycles. The number of hydrogen-bond donors (Lipinski definition) is 0. The fraction of sp³-hybridized carbons (Fsp3) is 0.643. The van der Waals surface area contributed by atoms with Crippen molar-refractivity contribution in [3.8, 4) is 0 Å². The van der Waals surface area contributed by atoms with Gasteiger partial charge < -0.3 is 9.64 Å². The van der Waals surface area contributed by atoms with Gasteiger partial charge in [0.1, 0.15) is 0 Å². The first-order valence-corrected chi connectivity index (χ1v) is 6.64. The lowest BCUT2D eigenvalue weighted by Gasteiger charge is -2.37. The summed E-state index contributed by atoms with van der Waals surface area (Å²) in [5, 5.41) is 4.15. The molecule has 2 heterocycles. The van der Waals surface area contributed by atoms with Crippen LogP contribution in [-0.2, 0) is 21.4 Å². The average molecular weight is 279 g/mol. The minimum atomic E-state index is -0.476. The molecule has 1 aromatic heterocycles. The maximum Gasteiger partial charge on any atom is 0.311 e. The molecule has 110 valence electrons. The Bertz CT molecular complexity index is 530. The first-order valence-electron chi connectivity index (χ1n) is 6.64. The maximum absolute atomic E-state index is 12.3. The minimum Gasteiger partial charge on any atom is -0.469 e. The van der Waals surface area contributed by atoms with E-state index in [1.165, 1.54) is 7.11 Å². The van der Waals surface area contributed by atoms with Crippen LogP contribution in [0.25, 0.3) is 0 Å². The summed E-state index contributed by atoms with van der Waals surface area (Å²) in [6.07, 6.45) is 3.74. The van der Waals surface area contributed by atoms with Gasteiger partial charge >= 0.3 is 5.97 Å². The first kappa shape index (κ1) is 14.6. The van der Waals surface area contributed by atoms with Crippen LogP contribution >= 0.6 is 0 Å². The van der Waals surface area contributed by atoms with Gasteiger partial charge in [-0.15, -0.1) is 0 Å². The summed E-state index contributed by atoms with van der Waals surface area (Å²) in [6.45, 7) is 5.90. The van der Waals surface area contributed by atoms with Gasteiger partial charge in [0, 0.05) is 30.8 Å². The number of nitrogens with zero attached hydrogens (tertiary/aromatic N) is 3. The van der Waals surface area contributed by atoms with Crippen molar-refractivity contribution >= 4 is 11.9 Å². The fourth-order valence-electron chi connectivity index (χ4n) is 2.86. The van der Waals surface area contributed by atoms with Crippen LogP contribution in [0.15, 0.2) is 12.4 Å². The third-order valence-corrected chi connectivity index (χ3v) is 3.62. The number of hydrogen-bond acceptors (Lipinski definition) is 4. The van der Waals surface area contributed by atoms with Crippen molar-refractivity contribution in [3.05, 3.63) is 18.0 Å². The van der Waals surface area contributed by atoms with Gasteiger partial charge in [-0.3, -0.25) is 14.3 Å². The Labute approximate surface area is 118 Å². The third-order valence-electron chi connectivity index (χ3n) is 3.62. The number of rotatable bonds is 2. The van der Waals surface area contributed by atoms with E-state index in [4.69, 9.17) is 4.74 Å². The molecule has 2 unspecified atom stereocenters. The second-order valence-electron chi connectivity index (χ2n) is 6.16. The number of methoxy groups -OCH3 is 1. The Morgan fingerprint density at radius 2 is 2.10 bits per heavy atom. The summed E-state index contributed by atoms with van der Waals surface area (Å²) in [4.78, 5) is 26.1. The van der Waals surface area contributed by atoms with E-state index < -0.39 is 5.92 Å². The van der Waals surface area contributed by atoms with E-state index in [1.54, 1.807) is 15.8 Å². The third kappa shape index (κ3) is 2.42. The molecular weight excluding hydrogens is 258 g/mol. The number of esters is 1. The number of aromatic nitrogens is 2. The van der Waals surface area contributed by atoms with Gasteiger partial charge in [0.05, 0.1) is 25.3 Å². The van der Waals surface area contributed by atoms with Gasteiger partial charge in [-0.2, -0.15) is 5.10 Å². The van der Waals surface area contributed by atoms with Crippen molar-refractivity contribution in [2.75, 3.05) is 7.11 Å². The Morgan fingerprint density at radius 1 is 1.45 bits per heavy atom. The van der Waals surface area contributed by atoms with E-state index in [0.717, 1.165) is 5.56 Å². The standard InChI is InChI=1S/C14H21N3O3/c1-14(2,3)17-11(18)6-10(13(19)20-5)12(17)9-7-15-16(4)8-9/h7-8,10,12H,6H2,1-5H3. The number of amides is 1. The summed E-state index contributed by atoms with van der Waals surface area (Å²) >= 11 is 0. The van der Waals surface area contributed by atoms with Crippen molar-refractivity contribution < 1.29 is 14.3 Å². The SMILES string of the molecule is COC(=O)C1CC(=O)N(C(C)(C)C)C1c1cnn(C)c1. The molecule has 20 heavy (non-hydrogen) atoms. The number of aryl methyl sites for hydroxylation is 1. The Kier molecular flexibility index (Phi) is 3.58. The monoisotopic (exact) mass is 279 g/mol. The molecule has 6 heteroatoms. The summed E-state index contributed by atoms with van der Waals surface area (Å²) < 4.78 is 6.53. The van der Waals surface area contributed by atoms with Crippen LogP contribution in [0.5, 0.6) is 0 Å². The largest absolute Gasteiger partial charge is 0.469 e. The average Bonchev–Trinajstić information content (AvgIpc) is 2.90. The molecule has 2 atom stereocenters. The number of carbonyl (C=O) groups is 2. The second-order valence-corrected chi connectivity index (χ2v) is 6.16. The zero-order valence-electron chi connectivity index (χ0n) is 12.6. The summed E-state index contributed by atoms with van der Waals surface area (Å²) in [5.74, 6) is -0.850. The van der Waals surface area contributed by atoms with Gasteiger partial charge in [-0.1, -0.05) is 0 Å². The lowest BCUT2D eigenvalue weighted by molar-refractivity contribution is -0.146. The molecule has 0 bridgehead atoms. The molecular formula is C14H21N3O3. The van der Waals surface area contributed by atoms with Gasteiger partial charge in [0.25, 0.3) is 0 Å². The molecule has 0 spiro atoms. The van der Waals surface area contributed by atoms with Crippen molar-refractivity contribution in [2.24, 2.45) is 13.0 Å². The quantitative estimate of drug-likeness (QED) is 0.765. The highest BCUT2D eigenvalue weighted by atomic mass is 16.5. The predicted octanol–water partition coefficient (Wildman–Crippen LogP) is 1.28. The molecule has 0 radical (unpaired) electrons. The van der Waals surface area contributed by atoms with Gasteiger partial charge in [-0.05, 0) is 20.8 Å². The molecule has 0 aliphatic carbocycles.